The van der Waals surface area contributed by atoms with Crippen LogP contribution in [0, 0.1) is 5.92 Å². The van der Waals surface area contributed by atoms with Gasteiger partial charge in [-0.25, -0.2) is 4.98 Å². The maximum Gasteiger partial charge on any atom is 0.224 e. The van der Waals surface area contributed by atoms with Gasteiger partial charge in [0, 0.05) is 42.5 Å². The second-order valence-corrected chi connectivity index (χ2v) is 8.75. The first-order valence-electron chi connectivity index (χ1n) is 10.4. The number of hydrogen-bond acceptors (Lipinski definition) is 5. The van der Waals surface area contributed by atoms with Gasteiger partial charge in [0.05, 0.1) is 5.92 Å². The highest BCUT2D eigenvalue weighted by Gasteiger charge is 2.27. The highest BCUT2D eigenvalue weighted by molar-refractivity contribution is 7.17. The van der Waals surface area contributed by atoms with Crippen molar-refractivity contribution in [3.05, 3.63) is 23.7 Å². The minimum absolute atomic E-state index is 0.0681. The molecule has 0 saturated carbocycles. The molecule has 1 amide bonds. The number of nitrogens with one attached hydrogen (secondary N) is 1. The van der Waals surface area contributed by atoms with Crippen LogP contribution in [0.5, 0.6) is 0 Å². The van der Waals surface area contributed by atoms with E-state index in [9.17, 15) is 4.79 Å². The number of piperidine rings is 1. The molecule has 4 rings (SSSR count). The molecule has 1 unspecified atom stereocenters. The molecule has 2 aliphatic rings. The van der Waals surface area contributed by atoms with Gasteiger partial charge >= 0.3 is 0 Å². The number of amides is 1. The van der Waals surface area contributed by atoms with Crippen molar-refractivity contribution in [1.82, 2.24) is 15.2 Å². The molecule has 0 aliphatic carbocycles. The summed E-state index contributed by atoms with van der Waals surface area (Å²) in [6, 6.07) is 4.22. The van der Waals surface area contributed by atoms with E-state index in [2.05, 4.69) is 37.6 Å². The Kier molecular flexibility index (Phi) is 6.24. The smallest absolute Gasteiger partial charge is 0.224 e. The lowest BCUT2D eigenvalue weighted by molar-refractivity contribution is -0.125. The Bertz CT molecular complexity index is 753. The van der Waals surface area contributed by atoms with E-state index in [0.29, 0.717) is 0 Å². The van der Waals surface area contributed by atoms with Crippen LogP contribution in [0.15, 0.2) is 23.7 Å². The van der Waals surface area contributed by atoms with Gasteiger partial charge in [0.1, 0.15) is 5.82 Å². The van der Waals surface area contributed by atoms with Crippen molar-refractivity contribution in [3.8, 4) is 0 Å². The number of rotatable bonds is 5. The Labute approximate surface area is 165 Å². The lowest BCUT2D eigenvalue weighted by Crippen LogP contribution is -2.45. The quantitative estimate of drug-likeness (QED) is 0.854. The molecule has 2 aliphatic heterocycles. The highest BCUT2D eigenvalue weighted by atomic mass is 32.1. The SMILES string of the molecule is O=C(NCCN1CCCCCC1)C1CCCN(c2nccc3sccc23)C1. The Morgan fingerprint density at radius 3 is 2.85 bits per heavy atom. The normalized spacial score (nSPS) is 21.9. The zero-order valence-corrected chi connectivity index (χ0v) is 16.8. The van der Waals surface area contributed by atoms with E-state index in [-0.39, 0.29) is 11.8 Å². The van der Waals surface area contributed by atoms with E-state index in [1.165, 1.54) is 48.9 Å². The van der Waals surface area contributed by atoms with Crippen LogP contribution >= 0.6 is 11.3 Å². The predicted molar refractivity (Wildman–Crippen MR) is 112 cm³/mol. The first kappa shape index (κ1) is 18.7. The number of nitrogens with zero attached hydrogens (tertiary/aromatic N) is 3. The largest absolute Gasteiger partial charge is 0.355 e. The first-order valence-corrected chi connectivity index (χ1v) is 11.3. The van der Waals surface area contributed by atoms with E-state index >= 15 is 0 Å². The van der Waals surface area contributed by atoms with E-state index in [1.54, 1.807) is 11.3 Å². The van der Waals surface area contributed by atoms with Crippen LogP contribution < -0.4 is 10.2 Å². The minimum Gasteiger partial charge on any atom is -0.355 e. The lowest BCUT2D eigenvalue weighted by Gasteiger charge is -2.33. The summed E-state index contributed by atoms with van der Waals surface area (Å²) < 4.78 is 1.27. The highest BCUT2D eigenvalue weighted by Crippen LogP contribution is 2.31. The molecule has 4 heterocycles. The minimum atomic E-state index is 0.0681. The van der Waals surface area contributed by atoms with Crippen molar-refractivity contribution >= 4 is 33.1 Å². The van der Waals surface area contributed by atoms with Crippen molar-refractivity contribution in [2.75, 3.05) is 44.2 Å². The molecule has 2 aromatic heterocycles. The number of likely N-dealkylation sites (tertiary alicyclic amines) is 1. The van der Waals surface area contributed by atoms with Crippen molar-refractivity contribution in [2.45, 2.75) is 38.5 Å². The number of carbonyl (C=O) groups is 1. The molecule has 6 heteroatoms. The molecular formula is C21H30N4OS. The molecule has 146 valence electrons. The first-order chi connectivity index (χ1) is 13.3. The Hall–Kier alpha value is -1.66. The molecule has 1 N–H and O–H groups in total. The van der Waals surface area contributed by atoms with Gasteiger partial charge in [0.15, 0.2) is 0 Å². The van der Waals surface area contributed by atoms with Gasteiger partial charge in [0.2, 0.25) is 5.91 Å². The fraction of sp³-hybridized carbons (Fsp3) is 0.619. The van der Waals surface area contributed by atoms with E-state index < -0.39 is 0 Å². The third-order valence-corrected chi connectivity index (χ3v) is 6.76. The van der Waals surface area contributed by atoms with Crippen LogP contribution in [0.1, 0.15) is 38.5 Å². The molecule has 2 saturated heterocycles. The second kappa shape index (κ2) is 9.02. The van der Waals surface area contributed by atoms with Crippen molar-refractivity contribution in [2.24, 2.45) is 5.92 Å². The number of anilines is 1. The molecule has 0 aromatic carbocycles. The molecule has 0 spiro atoms. The fourth-order valence-corrected chi connectivity index (χ4v) is 5.13. The van der Waals surface area contributed by atoms with E-state index in [0.717, 1.165) is 44.8 Å². The van der Waals surface area contributed by atoms with E-state index in [4.69, 9.17) is 0 Å². The summed E-state index contributed by atoms with van der Waals surface area (Å²) in [7, 11) is 0. The predicted octanol–water partition coefficient (Wildman–Crippen LogP) is 3.50. The molecule has 0 bridgehead atoms. The fourth-order valence-electron chi connectivity index (χ4n) is 4.36. The zero-order valence-electron chi connectivity index (χ0n) is 16.0. The Morgan fingerprint density at radius 1 is 1.15 bits per heavy atom. The van der Waals surface area contributed by atoms with Crippen molar-refractivity contribution in [1.29, 1.82) is 0 Å². The van der Waals surface area contributed by atoms with Gasteiger partial charge in [-0.1, -0.05) is 12.8 Å². The van der Waals surface area contributed by atoms with Crippen LogP contribution in [-0.2, 0) is 4.79 Å². The summed E-state index contributed by atoms with van der Waals surface area (Å²) in [6.07, 6.45) is 9.22. The summed E-state index contributed by atoms with van der Waals surface area (Å²) in [5.41, 5.74) is 0. The monoisotopic (exact) mass is 386 g/mol. The number of carbonyl (C=O) groups excluding carboxylic acids is 1. The maximum atomic E-state index is 12.7. The molecule has 5 nitrogen and oxygen atoms in total. The molecule has 1 atom stereocenters. The van der Waals surface area contributed by atoms with Gasteiger partial charge in [-0.05, 0) is 56.3 Å². The van der Waals surface area contributed by atoms with E-state index in [1.807, 2.05) is 6.20 Å². The summed E-state index contributed by atoms with van der Waals surface area (Å²) in [4.78, 5) is 22.2. The number of hydrogen-bond donors (Lipinski definition) is 1. The zero-order chi connectivity index (χ0) is 18.5. The van der Waals surface area contributed by atoms with Gasteiger partial charge in [-0.15, -0.1) is 11.3 Å². The second-order valence-electron chi connectivity index (χ2n) is 7.80. The van der Waals surface area contributed by atoms with Gasteiger partial charge in [-0.2, -0.15) is 0 Å². The van der Waals surface area contributed by atoms with Gasteiger partial charge < -0.3 is 15.1 Å². The van der Waals surface area contributed by atoms with Crippen LogP contribution in [0.2, 0.25) is 0 Å². The van der Waals surface area contributed by atoms with Crippen LogP contribution in [0.4, 0.5) is 5.82 Å². The number of thiophene rings is 1. The van der Waals surface area contributed by atoms with Gasteiger partial charge in [-0.3, -0.25) is 4.79 Å². The average Bonchev–Trinajstić information content (AvgIpc) is 3.04. The van der Waals surface area contributed by atoms with Crippen LogP contribution in [0.25, 0.3) is 10.1 Å². The van der Waals surface area contributed by atoms with Crippen molar-refractivity contribution < 1.29 is 4.79 Å². The third kappa shape index (κ3) is 4.61. The number of pyridine rings is 1. The molecule has 0 radical (unpaired) electrons. The Balaban J connectivity index is 1.31. The summed E-state index contributed by atoms with van der Waals surface area (Å²) >= 11 is 1.75. The number of aromatic nitrogens is 1. The standard InChI is InChI=1S/C21H30N4OS/c26-21(23-10-14-24-11-3-1-2-4-12-24)17-6-5-13-25(16-17)20-18-8-15-27-19(18)7-9-22-20/h7-9,15,17H,1-6,10-14,16H2,(H,23,26). The summed E-state index contributed by atoms with van der Waals surface area (Å²) in [6.45, 7) is 5.88. The van der Waals surface area contributed by atoms with Crippen molar-refractivity contribution in [3.63, 3.8) is 0 Å². The maximum absolute atomic E-state index is 12.7. The summed E-state index contributed by atoms with van der Waals surface area (Å²) in [5.74, 6) is 1.32. The van der Waals surface area contributed by atoms with Crippen LogP contribution in [0.3, 0.4) is 0 Å². The molecule has 2 aromatic rings. The Morgan fingerprint density at radius 2 is 2.00 bits per heavy atom. The lowest BCUT2D eigenvalue weighted by atomic mass is 9.97. The van der Waals surface area contributed by atoms with Gasteiger partial charge in [0.25, 0.3) is 0 Å². The topological polar surface area (TPSA) is 48.5 Å². The number of fused-ring (bicyclic) bond motifs is 1. The van der Waals surface area contributed by atoms with Crippen LogP contribution in [-0.4, -0.2) is 55.1 Å². The summed E-state index contributed by atoms with van der Waals surface area (Å²) in [5, 5.41) is 6.53. The third-order valence-electron chi connectivity index (χ3n) is 5.88. The molecule has 27 heavy (non-hydrogen) atoms. The molecular weight excluding hydrogens is 356 g/mol. The molecule has 2 fully saturated rings. The average molecular weight is 387 g/mol.